The van der Waals surface area contributed by atoms with Gasteiger partial charge in [-0.3, -0.25) is 9.48 Å². The van der Waals surface area contributed by atoms with Crippen LogP contribution in [0.2, 0.25) is 5.02 Å². The van der Waals surface area contributed by atoms with Crippen LogP contribution in [0.3, 0.4) is 0 Å². The number of aryl methyl sites for hydroxylation is 1. The number of benzene rings is 2. The molecule has 0 aliphatic carbocycles. The first-order valence-electron chi connectivity index (χ1n) is 9.99. The molecule has 0 radical (unpaired) electrons. The quantitative estimate of drug-likeness (QED) is 0.335. The lowest BCUT2D eigenvalue weighted by Crippen LogP contribution is -2.06. The van der Waals surface area contributed by atoms with Crippen LogP contribution in [-0.4, -0.2) is 22.7 Å². The van der Waals surface area contributed by atoms with E-state index in [2.05, 4.69) is 18.9 Å². The molecule has 0 atom stereocenters. The Hall–Kier alpha value is -2.85. The third kappa shape index (κ3) is 4.82. The fourth-order valence-electron chi connectivity index (χ4n) is 3.32. The molecule has 3 aromatic rings. The minimum absolute atomic E-state index is 0.0204. The summed E-state index contributed by atoms with van der Waals surface area (Å²) in [6.45, 7) is 8.65. The number of rotatable bonds is 7. The summed E-state index contributed by atoms with van der Waals surface area (Å²) in [6.07, 6.45) is 3.44. The van der Waals surface area contributed by atoms with Crippen LogP contribution in [0.4, 0.5) is 0 Å². The Labute approximate surface area is 183 Å². The highest BCUT2D eigenvalue weighted by Gasteiger charge is 2.12. The standard InChI is InChI=1S/C25H27ClN2O2/c1-16(2)20-8-10-21(11-9-20)23(29)12-6-19-7-13-24(30-5)22(14-19)15-28-18(4)25(26)17(3)27-28/h6-14,16H,15H2,1-5H3/b12-6+. The van der Waals surface area contributed by atoms with Crippen molar-refractivity contribution < 1.29 is 9.53 Å². The van der Waals surface area contributed by atoms with E-state index in [0.29, 0.717) is 23.0 Å². The fraction of sp³-hybridized carbons (Fsp3) is 0.280. The summed E-state index contributed by atoms with van der Waals surface area (Å²) in [4.78, 5) is 12.5. The van der Waals surface area contributed by atoms with E-state index in [1.54, 1.807) is 13.2 Å². The highest BCUT2D eigenvalue weighted by Crippen LogP contribution is 2.25. The molecule has 5 heteroatoms. The maximum absolute atomic E-state index is 12.5. The largest absolute Gasteiger partial charge is 0.496 e. The van der Waals surface area contributed by atoms with Crippen LogP contribution in [0.1, 0.15) is 58.2 Å². The number of carbonyl (C=O) groups excluding carboxylic acids is 1. The van der Waals surface area contributed by atoms with Gasteiger partial charge in [0.1, 0.15) is 5.75 Å². The molecule has 0 fully saturated rings. The van der Waals surface area contributed by atoms with Crippen molar-refractivity contribution >= 4 is 23.5 Å². The van der Waals surface area contributed by atoms with Gasteiger partial charge in [0.15, 0.2) is 5.78 Å². The molecule has 0 saturated heterocycles. The topological polar surface area (TPSA) is 44.1 Å². The molecule has 0 aliphatic rings. The van der Waals surface area contributed by atoms with Gasteiger partial charge in [0.05, 0.1) is 30.1 Å². The number of methoxy groups -OCH3 is 1. The molecule has 0 amide bonds. The predicted octanol–water partition coefficient (Wildman–Crippen LogP) is 6.23. The molecule has 4 nitrogen and oxygen atoms in total. The van der Waals surface area contributed by atoms with Crippen LogP contribution >= 0.6 is 11.6 Å². The highest BCUT2D eigenvalue weighted by molar-refractivity contribution is 6.31. The number of ether oxygens (including phenoxy) is 1. The highest BCUT2D eigenvalue weighted by atomic mass is 35.5. The fourth-order valence-corrected chi connectivity index (χ4v) is 3.45. The van der Waals surface area contributed by atoms with E-state index < -0.39 is 0 Å². The third-order valence-electron chi connectivity index (χ3n) is 5.21. The second kappa shape index (κ2) is 9.31. The SMILES string of the molecule is COc1ccc(/C=C/C(=O)c2ccc(C(C)C)cc2)cc1Cn1nc(C)c(Cl)c1C. The van der Waals surface area contributed by atoms with Crippen LogP contribution in [0.5, 0.6) is 5.75 Å². The van der Waals surface area contributed by atoms with Crippen LogP contribution in [0.15, 0.2) is 48.5 Å². The second-order valence-corrected chi connectivity index (χ2v) is 8.07. The number of nitrogens with zero attached hydrogens (tertiary/aromatic N) is 2. The smallest absolute Gasteiger partial charge is 0.185 e. The Balaban J connectivity index is 1.81. The molecule has 0 bridgehead atoms. The van der Waals surface area contributed by atoms with Gasteiger partial charge in [0.2, 0.25) is 0 Å². The van der Waals surface area contributed by atoms with Crippen LogP contribution in [0, 0.1) is 13.8 Å². The minimum Gasteiger partial charge on any atom is -0.496 e. The van der Waals surface area contributed by atoms with Gasteiger partial charge in [0.25, 0.3) is 0 Å². The van der Waals surface area contributed by atoms with E-state index in [4.69, 9.17) is 16.3 Å². The molecule has 0 N–H and O–H groups in total. The summed E-state index contributed by atoms with van der Waals surface area (Å²) in [5, 5.41) is 5.18. The zero-order valence-electron chi connectivity index (χ0n) is 18.1. The third-order valence-corrected chi connectivity index (χ3v) is 5.75. The predicted molar refractivity (Wildman–Crippen MR) is 123 cm³/mol. The van der Waals surface area contributed by atoms with Crippen LogP contribution in [0.25, 0.3) is 6.08 Å². The van der Waals surface area contributed by atoms with Gasteiger partial charge >= 0.3 is 0 Å². The normalized spacial score (nSPS) is 11.4. The number of aromatic nitrogens is 2. The van der Waals surface area contributed by atoms with Crippen molar-refractivity contribution in [1.29, 1.82) is 0 Å². The van der Waals surface area contributed by atoms with Gasteiger partial charge in [-0.15, -0.1) is 0 Å². The Morgan fingerprint density at radius 2 is 1.87 bits per heavy atom. The van der Waals surface area contributed by atoms with E-state index in [1.165, 1.54) is 5.56 Å². The average molecular weight is 423 g/mol. The first-order valence-corrected chi connectivity index (χ1v) is 10.4. The lowest BCUT2D eigenvalue weighted by molar-refractivity contribution is 0.104. The van der Waals surface area contributed by atoms with Gasteiger partial charge in [-0.05, 0) is 49.1 Å². The van der Waals surface area contributed by atoms with Crippen molar-refractivity contribution in [3.8, 4) is 5.75 Å². The maximum atomic E-state index is 12.5. The molecule has 2 aromatic carbocycles. The summed E-state index contributed by atoms with van der Waals surface area (Å²) in [7, 11) is 1.65. The molecule has 1 aromatic heterocycles. The summed E-state index contributed by atoms with van der Waals surface area (Å²) < 4.78 is 7.38. The number of hydrogen-bond acceptors (Lipinski definition) is 3. The molecule has 3 rings (SSSR count). The lowest BCUT2D eigenvalue weighted by Gasteiger charge is -2.11. The Morgan fingerprint density at radius 3 is 2.43 bits per heavy atom. The average Bonchev–Trinajstić information content (AvgIpc) is 2.98. The van der Waals surface area contributed by atoms with Crippen molar-refractivity contribution in [2.24, 2.45) is 0 Å². The second-order valence-electron chi connectivity index (χ2n) is 7.69. The number of carbonyl (C=O) groups is 1. The van der Waals surface area contributed by atoms with Gasteiger partial charge in [-0.2, -0.15) is 5.10 Å². The van der Waals surface area contributed by atoms with Crippen molar-refractivity contribution in [1.82, 2.24) is 9.78 Å². The number of hydrogen-bond donors (Lipinski definition) is 0. The summed E-state index contributed by atoms with van der Waals surface area (Å²) in [6, 6.07) is 13.6. The van der Waals surface area contributed by atoms with Gasteiger partial charge in [-0.1, -0.05) is 61.9 Å². The summed E-state index contributed by atoms with van der Waals surface area (Å²) in [5.41, 5.74) is 5.51. The first kappa shape index (κ1) is 21.8. The molecule has 1 heterocycles. The molecular weight excluding hydrogens is 396 g/mol. The number of halogens is 1. The number of allylic oxidation sites excluding steroid dienone is 1. The maximum Gasteiger partial charge on any atom is 0.185 e. The Bertz CT molecular complexity index is 1080. The summed E-state index contributed by atoms with van der Waals surface area (Å²) >= 11 is 6.28. The molecule has 0 unspecified atom stereocenters. The van der Waals surface area contributed by atoms with E-state index >= 15 is 0 Å². The molecule has 30 heavy (non-hydrogen) atoms. The zero-order chi connectivity index (χ0) is 21.8. The van der Waals surface area contributed by atoms with E-state index in [9.17, 15) is 4.79 Å². The van der Waals surface area contributed by atoms with E-state index in [-0.39, 0.29) is 5.78 Å². The zero-order valence-corrected chi connectivity index (χ0v) is 18.8. The van der Waals surface area contributed by atoms with E-state index in [0.717, 1.165) is 28.3 Å². The Kier molecular flexibility index (Phi) is 6.78. The first-order chi connectivity index (χ1) is 14.3. The monoisotopic (exact) mass is 422 g/mol. The van der Waals surface area contributed by atoms with E-state index in [1.807, 2.05) is 67.1 Å². The molecular formula is C25H27ClN2O2. The van der Waals surface area contributed by atoms with Crippen molar-refractivity contribution in [3.05, 3.63) is 87.2 Å². The molecule has 0 aliphatic heterocycles. The lowest BCUT2D eigenvalue weighted by atomic mass is 10.00. The van der Waals surface area contributed by atoms with Crippen molar-refractivity contribution in [2.45, 2.75) is 40.2 Å². The van der Waals surface area contributed by atoms with Gasteiger partial charge in [0, 0.05) is 11.1 Å². The van der Waals surface area contributed by atoms with Gasteiger partial charge in [-0.25, -0.2) is 0 Å². The molecule has 0 spiro atoms. The number of ketones is 1. The molecule has 156 valence electrons. The minimum atomic E-state index is -0.0204. The van der Waals surface area contributed by atoms with Crippen LogP contribution < -0.4 is 4.74 Å². The Morgan fingerprint density at radius 1 is 1.17 bits per heavy atom. The van der Waals surface area contributed by atoms with Crippen molar-refractivity contribution in [2.75, 3.05) is 7.11 Å². The van der Waals surface area contributed by atoms with Gasteiger partial charge < -0.3 is 4.74 Å². The van der Waals surface area contributed by atoms with Crippen molar-refractivity contribution in [3.63, 3.8) is 0 Å². The van der Waals surface area contributed by atoms with Crippen LogP contribution in [-0.2, 0) is 6.54 Å². The molecule has 0 saturated carbocycles. The summed E-state index contributed by atoms with van der Waals surface area (Å²) in [5.74, 6) is 1.19.